The lowest BCUT2D eigenvalue weighted by atomic mass is 9.92. The molecule has 3 heteroatoms. The predicted octanol–water partition coefficient (Wildman–Crippen LogP) is 1.77. The summed E-state index contributed by atoms with van der Waals surface area (Å²) < 4.78 is 0. The van der Waals surface area contributed by atoms with Gasteiger partial charge in [0.1, 0.15) is 0 Å². The molecule has 0 radical (unpaired) electrons. The number of hydrogen-bond acceptors (Lipinski definition) is 2. The van der Waals surface area contributed by atoms with Gasteiger partial charge in [-0.2, -0.15) is 0 Å². The van der Waals surface area contributed by atoms with Crippen LogP contribution in [0.25, 0.3) is 0 Å². The van der Waals surface area contributed by atoms with Gasteiger partial charge in [0.2, 0.25) is 5.91 Å². The molecule has 3 nitrogen and oxygen atoms in total. The van der Waals surface area contributed by atoms with E-state index in [1.165, 1.54) is 0 Å². The molecule has 92 valence electrons. The molecule has 1 saturated heterocycles. The highest BCUT2D eigenvalue weighted by Gasteiger charge is 2.33. The van der Waals surface area contributed by atoms with Crippen LogP contribution in [0.5, 0.6) is 0 Å². The first-order valence-corrected chi connectivity index (χ1v) is 6.24. The van der Waals surface area contributed by atoms with Crippen LogP contribution in [0.2, 0.25) is 0 Å². The Bertz CT molecular complexity index is 371. The summed E-state index contributed by atoms with van der Waals surface area (Å²) in [5.41, 5.74) is 1.08. The van der Waals surface area contributed by atoms with Crippen LogP contribution in [-0.2, 0) is 4.79 Å². The number of nitrogens with zero attached hydrogens (tertiary/aromatic N) is 1. The van der Waals surface area contributed by atoms with E-state index in [0.717, 1.165) is 18.4 Å². The van der Waals surface area contributed by atoms with Crippen molar-refractivity contribution in [2.24, 2.45) is 0 Å². The van der Waals surface area contributed by atoms with E-state index < -0.39 is 0 Å². The van der Waals surface area contributed by atoms with Crippen molar-refractivity contribution in [1.82, 2.24) is 4.90 Å². The second kappa shape index (κ2) is 5.32. The van der Waals surface area contributed by atoms with Crippen molar-refractivity contribution < 1.29 is 9.90 Å². The summed E-state index contributed by atoms with van der Waals surface area (Å²) in [7, 11) is 0. The number of aliphatic hydroxyl groups is 1. The first-order chi connectivity index (χ1) is 8.22. The van der Waals surface area contributed by atoms with Crippen molar-refractivity contribution in [3.63, 3.8) is 0 Å². The quantitative estimate of drug-likeness (QED) is 0.861. The van der Waals surface area contributed by atoms with Crippen LogP contribution in [0.15, 0.2) is 30.3 Å². The van der Waals surface area contributed by atoms with E-state index in [9.17, 15) is 9.90 Å². The Hall–Kier alpha value is -1.35. The maximum Gasteiger partial charge on any atom is 0.230 e. The lowest BCUT2D eigenvalue weighted by molar-refractivity contribution is -0.143. The van der Waals surface area contributed by atoms with Gasteiger partial charge in [0.25, 0.3) is 0 Å². The molecule has 1 unspecified atom stereocenters. The molecule has 1 aliphatic heterocycles. The molecular formula is C14H19NO2. The number of amides is 1. The molecule has 17 heavy (non-hydrogen) atoms. The van der Waals surface area contributed by atoms with Gasteiger partial charge in [0, 0.05) is 13.1 Å². The Morgan fingerprint density at radius 3 is 2.59 bits per heavy atom. The monoisotopic (exact) mass is 233 g/mol. The lowest BCUT2D eigenvalue weighted by Crippen LogP contribution is -2.54. The van der Waals surface area contributed by atoms with Gasteiger partial charge >= 0.3 is 0 Å². The molecule has 1 atom stereocenters. The Labute approximate surface area is 102 Å². The fraction of sp³-hybridized carbons (Fsp3) is 0.500. The number of carbonyl (C=O) groups is 1. The summed E-state index contributed by atoms with van der Waals surface area (Å²) in [6, 6.07) is 9.92. The molecule has 0 spiro atoms. The number of rotatable bonds is 4. The zero-order valence-corrected chi connectivity index (χ0v) is 10.2. The second-order valence-corrected chi connectivity index (χ2v) is 4.65. The minimum atomic E-state index is -0.322. The maximum absolute atomic E-state index is 12.3. The molecule has 1 amide bonds. The molecule has 0 aromatic heterocycles. The van der Waals surface area contributed by atoms with Crippen molar-refractivity contribution in [2.45, 2.75) is 31.8 Å². The Balaban J connectivity index is 2.09. The Morgan fingerprint density at radius 2 is 2.06 bits per heavy atom. The third kappa shape index (κ3) is 2.67. The minimum absolute atomic E-state index is 0.0475. The molecule has 0 bridgehead atoms. The summed E-state index contributed by atoms with van der Waals surface area (Å²) in [5.74, 6) is 0.108. The summed E-state index contributed by atoms with van der Waals surface area (Å²) in [6.07, 6.45) is 1.54. The van der Waals surface area contributed by atoms with E-state index in [1.807, 2.05) is 30.3 Å². The van der Waals surface area contributed by atoms with E-state index in [1.54, 1.807) is 4.90 Å². The van der Waals surface area contributed by atoms with E-state index >= 15 is 0 Å². The SMILES string of the molecule is CCCC(C(=O)N1CC(O)C1)c1ccccc1. The molecule has 2 rings (SSSR count). The van der Waals surface area contributed by atoms with Crippen LogP contribution in [0.4, 0.5) is 0 Å². The van der Waals surface area contributed by atoms with Gasteiger partial charge in [-0.3, -0.25) is 4.79 Å². The van der Waals surface area contributed by atoms with Crippen LogP contribution in [0.3, 0.4) is 0 Å². The van der Waals surface area contributed by atoms with E-state index in [0.29, 0.717) is 13.1 Å². The van der Waals surface area contributed by atoms with Gasteiger partial charge in [0.15, 0.2) is 0 Å². The summed E-state index contributed by atoms with van der Waals surface area (Å²) in [6.45, 7) is 3.08. The number of carbonyl (C=O) groups excluding carboxylic acids is 1. The highest BCUT2D eigenvalue weighted by molar-refractivity contribution is 5.84. The first kappa shape index (κ1) is 12.1. The predicted molar refractivity (Wildman–Crippen MR) is 66.7 cm³/mol. The average Bonchev–Trinajstić information content (AvgIpc) is 2.32. The zero-order chi connectivity index (χ0) is 12.3. The summed E-state index contributed by atoms with van der Waals surface area (Å²) >= 11 is 0. The first-order valence-electron chi connectivity index (χ1n) is 6.24. The van der Waals surface area contributed by atoms with Crippen molar-refractivity contribution in [2.75, 3.05) is 13.1 Å². The molecule has 0 aliphatic carbocycles. The second-order valence-electron chi connectivity index (χ2n) is 4.65. The highest BCUT2D eigenvalue weighted by Crippen LogP contribution is 2.25. The van der Waals surface area contributed by atoms with Gasteiger partial charge < -0.3 is 10.0 Å². The van der Waals surface area contributed by atoms with Crippen LogP contribution in [0.1, 0.15) is 31.2 Å². The van der Waals surface area contributed by atoms with Gasteiger partial charge in [-0.1, -0.05) is 43.7 Å². The van der Waals surface area contributed by atoms with Crippen molar-refractivity contribution in [1.29, 1.82) is 0 Å². The molecule has 1 heterocycles. The Morgan fingerprint density at radius 1 is 1.41 bits per heavy atom. The molecule has 1 N–H and O–H groups in total. The zero-order valence-electron chi connectivity index (χ0n) is 10.2. The maximum atomic E-state index is 12.3. The topological polar surface area (TPSA) is 40.5 Å². The third-order valence-electron chi connectivity index (χ3n) is 3.25. The average molecular weight is 233 g/mol. The fourth-order valence-corrected chi connectivity index (χ4v) is 2.26. The molecule has 1 aromatic rings. The summed E-state index contributed by atoms with van der Waals surface area (Å²) in [5, 5.41) is 9.26. The number of likely N-dealkylation sites (tertiary alicyclic amines) is 1. The molecule has 1 fully saturated rings. The molecule has 1 aromatic carbocycles. The normalized spacial score (nSPS) is 17.6. The van der Waals surface area contributed by atoms with Crippen molar-refractivity contribution in [3.8, 4) is 0 Å². The fourth-order valence-electron chi connectivity index (χ4n) is 2.26. The van der Waals surface area contributed by atoms with Crippen LogP contribution >= 0.6 is 0 Å². The lowest BCUT2D eigenvalue weighted by Gasteiger charge is -2.38. The van der Waals surface area contributed by atoms with Gasteiger partial charge in [-0.05, 0) is 12.0 Å². The Kier molecular flexibility index (Phi) is 3.79. The third-order valence-corrected chi connectivity index (χ3v) is 3.25. The van der Waals surface area contributed by atoms with E-state index in [2.05, 4.69) is 6.92 Å². The molecule has 1 aliphatic rings. The van der Waals surface area contributed by atoms with E-state index in [-0.39, 0.29) is 17.9 Å². The highest BCUT2D eigenvalue weighted by atomic mass is 16.3. The number of aliphatic hydroxyl groups excluding tert-OH is 1. The number of benzene rings is 1. The van der Waals surface area contributed by atoms with Crippen LogP contribution in [-0.4, -0.2) is 35.1 Å². The minimum Gasteiger partial charge on any atom is -0.389 e. The largest absolute Gasteiger partial charge is 0.389 e. The standard InChI is InChI=1S/C14H19NO2/c1-2-6-13(11-7-4-3-5-8-11)14(17)15-9-12(16)10-15/h3-5,7-8,12-13,16H,2,6,9-10H2,1H3. The van der Waals surface area contributed by atoms with Gasteiger partial charge in [-0.25, -0.2) is 0 Å². The molecular weight excluding hydrogens is 214 g/mol. The van der Waals surface area contributed by atoms with Gasteiger partial charge in [0.05, 0.1) is 12.0 Å². The van der Waals surface area contributed by atoms with Crippen LogP contribution < -0.4 is 0 Å². The van der Waals surface area contributed by atoms with Gasteiger partial charge in [-0.15, -0.1) is 0 Å². The van der Waals surface area contributed by atoms with Crippen molar-refractivity contribution in [3.05, 3.63) is 35.9 Å². The molecule has 0 saturated carbocycles. The number of hydrogen-bond donors (Lipinski definition) is 1. The summed E-state index contributed by atoms with van der Waals surface area (Å²) in [4.78, 5) is 14.0. The van der Waals surface area contributed by atoms with Crippen LogP contribution in [0, 0.1) is 0 Å². The van der Waals surface area contributed by atoms with Crippen molar-refractivity contribution >= 4 is 5.91 Å². The smallest absolute Gasteiger partial charge is 0.230 e. The number of β-amino-alcohol motifs (C(OH)–C–C–N with tert-alkyl or cyclic N) is 1. The van der Waals surface area contributed by atoms with E-state index in [4.69, 9.17) is 0 Å².